The summed E-state index contributed by atoms with van der Waals surface area (Å²) >= 11 is 5.87. The lowest BCUT2D eigenvalue weighted by atomic mass is 10.1. The van der Waals surface area contributed by atoms with Crippen molar-refractivity contribution in [2.45, 2.75) is 26.0 Å². The second-order valence-corrected chi connectivity index (χ2v) is 7.02. The number of H-pyrrole nitrogens is 1. The van der Waals surface area contributed by atoms with Crippen molar-refractivity contribution < 1.29 is 14.3 Å². The first-order valence-electron chi connectivity index (χ1n) is 8.66. The number of hydrogen-bond acceptors (Lipinski definition) is 5. The molecule has 0 saturated heterocycles. The summed E-state index contributed by atoms with van der Waals surface area (Å²) < 4.78 is 10.9. The molecule has 0 saturated carbocycles. The van der Waals surface area contributed by atoms with Crippen molar-refractivity contribution in [3.63, 3.8) is 0 Å². The Morgan fingerprint density at radius 2 is 1.75 bits per heavy atom. The highest BCUT2D eigenvalue weighted by atomic mass is 35.5. The number of nitrogens with zero attached hydrogens (tertiary/aromatic N) is 2. The predicted molar refractivity (Wildman–Crippen MR) is 106 cm³/mol. The van der Waals surface area contributed by atoms with E-state index < -0.39 is 5.60 Å². The van der Waals surface area contributed by atoms with Crippen LogP contribution in [-0.2, 0) is 11.3 Å². The third kappa shape index (κ3) is 4.80. The summed E-state index contributed by atoms with van der Waals surface area (Å²) in [5, 5.41) is 10.4. The van der Waals surface area contributed by atoms with E-state index in [4.69, 9.17) is 21.1 Å². The lowest BCUT2D eigenvalue weighted by Crippen LogP contribution is -2.46. The summed E-state index contributed by atoms with van der Waals surface area (Å²) in [5.41, 5.74) is -0.215. The molecule has 3 rings (SSSR count). The third-order valence-electron chi connectivity index (χ3n) is 4.03. The van der Waals surface area contributed by atoms with Crippen molar-refractivity contribution >= 4 is 17.5 Å². The average Bonchev–Trinajstić information content (AvgIpc) is 3.17. The monoisotopic (exact) mass is 400 g/mol. The van der Waals surface area contributed by atoms with Crippen molar-refractivity contribution in [1.82, 2.24) is 20.5 Å². The van der Waals surface area contributed by atoms with E-state index in [1.807, 2.05) is 24.3 Å². The molecule has 2 N–H and O–H groups in total. The van der Waals surface area contributed by atoms with Gasteiger partial charge in [0, 0.05) is 10.6 Å². The van der Waals surface area contributed by atoms with E-state index >= 15 is 0 Å². The Kier molecular flexibility index (Phi) is 5.84. The van der Waals surface area contributed by atoms with Crippen molar-refractivity contribution in [3.8, 4) is 22.9 Å². The summed E-state index contributed by atoms with van der Waals surface area (Å²) in [5.74, 6) is 2.13. The minimum absolute atomic E-state index is 0.204. The molecule has 1 heterocycles. The van der Waals surface area contributed by atoms with Crippen LogP contribution in [0.4, 0.5) is 0 Å². The molecule has 0 aliphatic carbocycles. The van der Waals surface area contributed by atoms with Crippen molar-refractivity contribution in [2.24, 2.45) is 0 Å². The maximum absolute atomic E-state index is 12.5. The molecule has 1 amide bonds. The number of aromatic nitrogens is 3. The fourth-order valence-electron chi connectivity index (χ4n) is 2.46. The number of carbonyl (C=O) groups is 1. The van der Waals surface area contributed by atoms with Crippen molar-refractivity contribution in [1.29, 1.82) is 0 Å². The van der Waals surface area contributed by atoms with Gasteiger partial charge in [-0.15, -0.1) is 0 Å². The predicted octanol–water partition coefficient (Wildman–Crippen LogP) is 3.61. The van der Waals surface area contributed by atoms with E-state index in [0.717, 1.165) is 11.3 Å². The van der Waals surface area contributed by atoms with E-state index in [2.05, 4.69) is 20.5 Å². The molecular formula is C20H21ClN4O3. The zero-order valence-corrected chi connectivity index (χ0v) is 16.6. The summed E-state index contributed by atoms with van der Waals surface area (Å²) in [6.07, 6.45) is 0. The number of amides is 1. The van der Waals surface area contributed by atoms with Crippen molar-refractivity contribution in [3.05, 3.63) is 59.4 Å². The van der Waals surface area contributed by atoms with Gasteiger partial charge in [0.05, 0.1) is 13.7 Å². The first-order chi connectivity index (χ1) is 13.4. The molecule has 8 heteroatoms. The Morgan fingerprint density at radius 3 is 2.39 bits per heavy atom. The first kappa shape index (κ1) is 19.7. The Bertz CT molecular complexity index is 937. The van der Waals surface area contributed by atoms with Crippen LogP contribution in [0.1, 0.15) is 19.7 Å². The highest BCUT2D eigenvalue weighted by molar-refractivity contribution is 6.30. The van der Waals surface area contributed by atoms with E-state index in [1.165, 1.54) is 0 Å². The molecule has 0 aliphatic rings. The highest BCUT2D eigenvalue weighted by Gasteiger charge is 2.30. The number of rotatable bonds is 7. The molecule has 0 aliphatic heterocycles. The van der Waals surface area contributed by atoms with E-state index in [-0.39, 0.29) is 12.5 Å². The summed E-state index contributed by atoms with van der Waals surface area (Å²) in [7, 11) is 1.61. The summed E-state index contributed by atoms with van der Waals surface area (Å²) in [6, 6.07) is 14.3. The number of benzene rings is 2. The highest BCUT2D eigenvalue weighted by Crippen LogP contribution is 2.21. The van der Waals surface area contributed by atoms with Gasteiger partial charge in [-0.1, -0.05) is 11.6 Å². The number of methoxy groups -OCH3 is 1. The quantitative estimate of drug-likeness (QED) is 0.632. The number of carbonyl (C=O) groups excluding carboxylic acids is 1. The van der Waals surface area contributed by atoms with Gasteiger partial charge in [-0.2, -0.15) is 5.10 Å². The Hall–Kier alpha value is -3.06. The first-order valence-corrected chi connectivity index (χ1v) is 9.04. The fraction of sp³-hybridized carbons (Fsp3) is 0.250. The molecule has 0 unspecified atom stereocenters. The molecule has 7 nitrogen and oxygen atoms in total. The van der Waals surface area contributed by atoms with Crippen LogP contribution in [0.2, 0.25) is 5.02 Å². The van der Waals surface area contributed by atoms with Gasteiger partial charge in [-0.25, -0.2) is 4.98 Å². The van der Waals surface area contributed by atoms with Crippen molar-refractivity contribution in [2.75, 3.05) is 7.11 Å². The molecule has 1 aromatic heterocycles. The van der Waals surface area contributed by atoms with Gasteiger partial charge in [-0.05, 0) is 62.4 Å². The van der Waals surface area contributed by atoms with E-state index in [9.17, 15) is 4.79 Å². The third-order valence-corrected chi connectivity index (χ3v) is 4.28. The molecule has 3 aromatic rings. The van der Waals surface area contributed by atoms with Gasteiger partial charge in [-0.3, -0.25) is 9.89 Å². The van der Waals surface area contributed by atoms with Crippen LogP contribution >= 0.6 is 11.6 Å². The average molecular weight is 401 g/mol. The van der Waals surface area contributed by atoms with E-state index in [1.54, 1.807) is 45.2 Å². The van der Waals surface area contributed by atoms with Gasteiger partial charge < -0.3 is 14.8 Å². The molecular weight excluding hydrogens is 380 g/mol. The van der Waals surface area contributed by atoms with Crippen LogP contribution < -0.4 is 14.8 Å². The Labute approximate surface area is 168 Å². The zero-order chi connectivity index (χ0) is 20.1. The number of halogens is 1. The Morgan fingerprint density at radius 1 is 1.11 bits per heavy atom. The molecule has 0 radical (unpaired) electrons. The van der Waals surface area contributed by atoms with Crippen LogP contribution in [0.5, 0.6) is 11.5 Å². The number of hydrogen-bond donors (Lipinski definition) is 2. The summed E-state index contributed by atoms with van der Waals surface area (Å²) in [4.78, 5) is 16.9. The maximum atomic E-state index is 12.5. The normalized spacial score (nSPS) is 11.1. The summed E-state index contributed by atoms with van der Waals surface area (Å²) in [6.45, 7) is 3.59. The van der Waals surface area contributed by atoms with Crippen LogP contribution in [0, 0.1) is 0 Å². The van der Waals surface area contributed by atoms with Gasteiger partial charge in [0.2, 0.25) is 0 Å². The lowest BCUT2D eigenvalue weighted by molar-refractivity contribution is -0.134. The van der Waals surface area contributed by atoms with Crippen LogP contribution in [0.15, 0.2) is 48.5 Å². The standard InChI is InChI=1S/C20H21ClN4O3/c1-20(2,28-16-10-6-14(21)7-11-16)19(26)22-12-17-23-18(25-24-17)13-4-8-15(27-3)9-5-13/h4-11H,12H2,1-3H3,(H,22,26)(H,23,24,25). The van der Waals surface area contributed by atoms with Gasteiger partial charge in [0.15, 0.2) is 11.4 Å². The molecule has 2 aromatic carbocycles. The topological polar surface area (TPSA) is 89.1 Å². The van der Waals surface area contributed by atoms with Crippen LogP contribution in [0.25, 0.3) is 11.4 Å². The van der Waals surface area contributed by atoms with Gasteiger partial charge >= 0.3 is 0 Å². The smallest absolute Gasteiger partial charge is 0.263 e. The van der Waals surface area contributed by atoms with Crippen LogP contribution in [-0.4, -0.2) is 33.8 Å². The largest absolute Gasteiger partial charge is 0.497 e. The molecule has 0 bridgehead atoms. The molecule has 0 spiro atoms. The SMILES string of the molecule is COc1ccc(-c2n[nH]c(CNC(=O)C(C)(C)Oc3ccc(Cl)cc3)n2)cc1. The number of nitrogens with one attached hydrogen (secondary N) is 2. The molecule has 146 valence electrons. The zero-order valence-electron chi connectivity index (χ0n) is 15.8. The molecule has 0 fully saturated rings. The number of aromatic amines is 1. The second-order valence-electron chi connectivity index (χ2n) is 6.58. The Balaban J connectivity index is 1.59. The van der Waals surface area contributed by atoms with Gasteiger partial charge in [0.1, 0.15) is 17.3 Å². The van der Waals surface area contributed by atoms with E-state index in [0.29, 0.717) is 22.4 Å². The lowest BCUT2D eigenvalue weighted by Gasteiger charge is -2.25. The maximum Gasteiger partial charge on any atom is 0.263 e. The minimum Gasteiger partial charge on any atom is -0.497 e. The number of ether oxygens (including phenoxy) is 2. The second kappa shape index (κ2) is 8.31. The van der Waals surface area contributed by atoms with Gasteiger partial charge in [0.25, 0.3) is 5.91 Å². The fourth-order valence-corrected chi connectivity index (χ4v) is 2.59. The molecule has 28 heavy (non-hydrogen) atoms. The molecule has 0 atom stereocenters. The minimum atomic E-state index is -1.06. The van der Waals surface area contributed by atoms with Crippen LogP contribution in [0.3, 0.4) is 0 Å².